The highest BCUT2D eigenvalue weighted by molar-refractivity contribution is 5.76. The molecule has 17 unspecified atom stereocenters. The van der Waals surface area contributed by atoms with Crippen LogP contribution in [0.25, 0.3) is 0 Å². The van der Waals surface area contributed by atoms with Crippen LogP contribution in [0.1, 0.15) is 341 Å². The average molecular weight is 1510 g/mol. The number of allylic oxidation sites excluding steroid dienone is 11. The van der Waals surface area contributed by atoms with Crippen molar-refractivity contribution in [2.75, 3.05) is 26.4 Å². The lowest BCUT2D eigenvalue weighted by Gasteiger charge is -2.48. The van der Waals surface area contributed by atoms with E-state index >= 15 is 0 Å². The van der Waals surface area contributed by atoms with E-state index in [1.54, 1.807) is 6.08 Å². The third-order valence-electron chi connectivity index (χ3n) is 21.2. The number of rotatable bonds is 69. The summed E-state index contributed by atoms with van der Waals surface area (Å²) < 4.78 is 34.5. The third-order valence-corrected chi connectivity index (χ3v) is 21.2. The summed E-state index contributed by atoms with van der Waals surface area (Å²) in [6.45, 7) is 1.65. The van der Waals surface area contributed by atoms with Crippen LogP contribution in [0.4, 0.5) is 0 Å². The number of unbranched alkanes of at least 4 members (excludes halogenated alkanes) is 43. The first-order valence-corrected chi connectivity index (χ1v) is 43.2. The lowest BCUT2D eigenvalue weighted by atomic mass is 9.96. The summed E-state index contributed by atoms with van der Waals surface area (Å²) in [7, 11) is 0. The molecular weight excluding hydrogens is 1350 g/mol. The van der Waals surface area contributed by atoms with Crippen molar-refractivity contribution >= 4 is 5.91 Å². The molecule has 0 aromatic rings. The minimum Gasteiger partial charge on any atom is -0.394 e. The Kier molecular flexibility index (Phi) is 61.4. The van der Waals surface area contributed by atoms with Crippen LogP contribution in [-0.2, 0) is 33.2 Å². The molecule has 19 heteroatoms. The zero-order chi connectivity index (χ0) is 76.7. The second-order valence-corrected chi connectivity index (χ2v) is 30.6. The molecule has 19 nitrogen and oxygen atoms in total. The van der Waals surface area contributed by atoms with Gasteiger partial charge in [-0.1, -0.05) is 337 Å². The van der Waals surface area contributed by atoms with E-state index in [9.17, 15) is 61.0 Å². The number of nitrogens with one attached hydrogen (secondary N) is 1. The summed E-state index contributed by atoms with van der Waals surface area (Å²) in [5, 5.41) is 121. The second kappa shape index (κ2) is 66.8. The van der Waals surface area contributed by atoms with Crippen LogP contribution in [0.2, 0.25) is 0 Å². The van der Waals surface area contributed by atoms with Crippen LogP contribution in [0, 0.1) is 0 Å². The SMILES string of the molecule is CC/C=C\C/C=C\C/C=C\C/C=C\CCCCCCCCCCCCCCCCCCC(=O)NC(COC1OC(CO)C(OC2OC(CO)C(OC3OC(CO)C(O)C(O)C3O)C(O)C2O)C(O)C1O)C(O)/C=C/CC/C=C/CCCCCCCCCCCCCCCCCCCCCCCCCCCC. The molecule has 3 heterocycles. The molecule has 0 aromatic carbocycles. The van der Waals surface area contributed by atoms with E-state index in [4.69, 9.17) is 28.4 Å². The molecule has 0 saturated carbocycles. The molecule has 618 valence electrons. The fourth-order valence-corrected chi connectivity index (χ4v) is 14.4. The maximum Gasteiger partial charge on any atom is 0.220 e. The predicted molar refractivity (Wildman–Crippen MR) is 425 cm³/mol. The van der Waals surface area contributed by atoms with Crippen molar-refractivity contribution in [1.29, 1.82) is 0 Å². The molecule has 3 aliphatic rings. The van der Waals surface area contributed by atoms with Gasteiger partial charge in [0, 0.05) is 6.42 Å². The van der Waals surface area contributed by atoms with Crippen LogP contribution < -0.4 is 5.32 Å². The highest BCUT2D eigenvalue weighted by Crippen LogP contribution is 2.33. The fourth-order valence-electron chi connectivity index (χ4n) is 14.4. The quantitative estimate of drug-likeness (QED) is 0.0199. The van der Waals surface area contributed by atoms with E-state index in [1.807, 2.05) is 6.08 Å². The number of aliphatic hydroxyl groups excluding tert-OH is 11. The van der Waals surface area contributed by atoms with Gasteiger partial charge in [-0.25, -0.2) is 0 Å². The van der Waals surface area contributed by atoms with Gasteiger partial charge < -0.3 is 89.9 Å². The molecule has 3 fully saturated rings. The Hall–Kier alpha value is -2.77. The molecule has 106 heavy (non-hydrogen) atoms. The van der Waals surface area contributed by atoms with Gasteiger partial charge >= 0.3 is 0 Å². The highest BCUT2D eigenvalue weighted by Gasteiger charge is 2.54. The predicted octanol–water partition coefficient (Wildman–Crippen LogP) is 15.6. The minimum absolute atomic E-state index is 0.234. The average Bonchev–Trinajstić information content (AvgIpc) is 0.781. The molecule has 0 spiro atoms. The highest BCUT2D eigenvalue weighted by atomic mass is 16.8. The van der Waals surface area contributed by atoms with Crippen molar-refractivity contribution < 1.29 is 89.4 Å². The fraction of sp³-hybridized carbons (Fsp3) is 0.851. The minimum atomic E-state index is -1.98. The van der Waals surface area contributed by atoms with Crippen LogP contribution in [0.15, 0.2) is 72.9 Å². The standard InChI is InChI=1S/C87H157NO18/c1-3-5-7-9-11-13-15-17-19-21-23-25-27-29-31-33-34-35-37-38-40-42-44-46-48-50-52-54-56-58-60-62-64-71(92)70(88-75(93)65-63-61-59-57-55-53-51-49-47-45-43-41-39-36-32-30-28-26-24-22-20-18-16-14-12-10-8-6-4-2)69-101-85-81(99)78(96)83(73(67-90)103-85)106-87-82(100)79(97)84(74(68-91)104-87)105-86-80(98)77(95)76(94)72(66-89)102-86/h6,8,12,14,18,20,24,26,54,56,62,64,70-74,76-87,89-92,94-100H,3-5,7,9-11,13,15-17,19,21-23,25,27-53,55,57-61,63,65-69H2,1-2H3,(H,88,93)/b8-6-,14-12-,20-18-,26-24-,56-54+,64-62+. The summed E-state index contributed by atoms with van der Waals surface area (Å²) >= 11 is 0. The van der Waals surface area contributed by atoms with Crippen molar-refractivity contribution in [1.82, 2.24) is 5.32 Å². The van der Waals surface area contributed by atoms with Gasteiger partial charge in [-0.05, 0) is 70.6 Å². The number of amides is 1. The lowest BCUT2D eigenvalue weighted by molar-refractivity contribution is -0.379. The number of aliphatic hydroxyl groups is 11. The van der Waals surface area contributed by atoms with E-state index in [0.29, 0.717) is 12.8 Å². The van der Waals surface area contributed by atoms with E-state index in [2.05, 4.69) is 79.9 Å². The topological polar surface area (TPSA) is 307 Å². The smallest absolute Gasteiger partial charge is 0.220 e. The Morgan fingerprint density at radius 2 is 0.660 bits per heavy atom. The van der Waals surface area contributed by atoms with Gasteiger partial charge in [-0.15, -0.1) is 0 Å². The van der Waals surface area contributed by atoms with E-state index in [0.717, 1.165) is 64.2 Å². The molecule has 0 radical (unpaired) electrons. The molecule has 3 rings (SSSR count). The summed E-state index contributed by atoms with van der Waals surface area (Å²) in [4.78, 5) is 13.5. The van der Waals surface area contributed by atoms with Gasteiger partial charge in [0.15, 0.2) is 18.9 Å². The van der Waals surface area contributed by atoms with Gasteiger partial charge in [0.05, 0.1) is 38.6 Å². The molecule has 0 aromatic heterocycles. The van der Waals surface area contributed by atoms with Crippen LogP contribution in [-0.4, -0.2) is 193 Å². The monoisotopic (exact) mass is 1500 g/mol. The number of carbonyl (C=O) groups is 1. The zero-order valence-electron chi connectivity index (χ0n) is 66.4. The van der Waals surface area contributed by atoms with E-state index < -0.39 is 124 Å². The Bertz CT molecular complexity index is 2190. The molecule has 3 aliphatic heterocycles. The Labute approximate surface area is 642 Å². The lowest BCUT2D eigenvalue weighted by Crippen LogP contribution is -2.66. The Morgan fingerprint density at radius 3 is 1.06 bits per heavy atom. The number of ether oxygens (including phenoxy) is 6. The Morgan fingerprint density at radius 1 is 0.349 bits per heavy atom. The van der Waals surface area contributed by atoms with Crippen molar-refractivity contribution in [2.24, 2.45) is 0 Å². The molecule has 12 N–H and O–H groups in total. The first-order valence-electron chi connectivity index (χ1n) is 43.2. The molecule has 17 atom stereocenters. The molecule has 0 bridgehead atoms. The normalized spacial score (nSPS) is 26.0. The molecule has 3 saturated heterocycles. The summed E-state index contributed by atoms with van der Waals surface area (Å²) in [5.41, 5.74) is 0. The molecular formula is C87H157NO18. The van der Waals surface area contributed by atoms with Crippen LogP contribution >= 0.6 is 0 Å². The van der Waals surface area contributed by atoms with Crippen LogP contribution in [0.5, 0.6) is 0 Å². The number of hydrogen-bond acceptors (Lipinski definition) is 18. The maximum absolute atomic E-state index is 13.5. The number of hydrogen-bond donors (Lipinski definition) is 12. The first kappa shape index (κ1) is 97.4. The molecule has 1 amide bonds. The largest absolute Gasteiger partial charge is 0.394 e. The Balaban J connectivity index is 1.36. The second-order valence-electron chi connectivity index (χ2n) is 30.6. The third kappa shape index (κ3) is 45.7. The van der Waals surface area contributed by atoms with Crippen molar-refractivity contribution in [3.8, 4) is 0 Å². The van der Waals surface area contributed by atoms with Gasteiger partial charge in [0.1, 0.15) is 73.2 Å². The van der Waals surface area contributed by atoms with Gasteiger partial charge in [-0.3, -0.25) is 4.79 Å². The van der Waals surface area contributed by atoms with Gasteiger partial charge in [0.25, 0.3) is 0 Å². The van der Waals surface area contributed by atoms with Crippen molar-refractivity contribution in [3.05, 3.63) is 72.9 Å². The zero-order valence-corrected chi connectivity index (χ0v) is 66.4. The molecule has 0 aliphatic carbocycles. The number of carbonyl (C=O) groups excluding carboxylic acids is 1. The van der Waals surface area contributed by atoms with Crippen molar-refractivity contribution in [2.45, 2.75) is 446 Å². The van der Waals surface area contributed by atoms with E-state index in [-0.39, 0.29) is 18.9 Å². The van der Waals surface area contributed by atoms with Gasteiger partial charge in [0.2, 0.25) is 5.91 Å². The van der Waals surface area contributed by atoms with E-state index in [1.165, 1.54) is 244 Å². The summed E-state index contributed by atoms with van der Waals surface area (Å²) in [5.74, 6) is -0.283. The summed E-state index contributed by atoms with van der Waals surface area (Å²) in [6.07, 6.45) is 61.9. The van der Waals surface area contributed by atoms with Crippen molar-refractivity contribution in [3.63, 3.8) is 0 Å². The maximum atomic E-state index is 13.5. The van der Waals surface area contributed by atoms with Crippen LogP contribution in [0.3, 0.4) is 0 Å². The first-order chi connectivity index (χ1) is 51.8. The summed E-state index contributed by atoms with van der Waals surface area (Å²) in [6, 6.07) is -0.995. The van der Waals surface area contributed by atoms with Gasteiger partial charge in [-0.2, -0.15) is 0 Å².